The van der Waals surface area contributed by atoms with E-state index in [1.165, 1.54) is 27.6 Å². The zero-order valence-electron chi connectivity index (χ0n) is 22.7. The lowest BCUT2D eigenvalue weighted by Gasteiger charge is -2.14. The Hall–Kier alpha value is -5.38. The van der Waals surface area contributed by atoms with E-state index in [2.05, 4.69) is 5.10 Å². The van der Waals surface area contributed by atoms with Gasteiger partial charge in [-0.3, -0.25) is 28.7 Å². The Morgan fingerprint density at radius 3 is 2.02 bits per heavy atom. The highest BCUT2D eigenvalue weighted by atomic mass is 19.1. The molecule has 0 spiro atoms. The summed E-state index contributed by atoms with van der Waals surface area (Å²) in [6.07, 6.45) is 6.93. The van der Waals surface area contributed by atoms with Crippen LogP contribution in [0.15, 0.2) is 107 Å². The summed E-state index contributed by atoms with van der Waals surface area (Å²) in [4.78, 5) is 38.6. The molecular weight excluding hydrogens is 537 g/mol. The van der Waals surface area contributed by atoms with Crippen molar-refractivity contribution in [3.63, 3.8) is 0 Å². The highest BCUT2D eigenvalue weighted by molar-refractivity contribution is 5.71. The average molecular weight is 566 g/mol. The van der Waals surface area contributed by atoms with Crippen LogP contribution in [0.25, 0.3) is 12.2 Å². The van der Waals surface area contributed by atoms with Crippen LogP contribution in [0.4, 0.5) is 10.1 Å². The van der Waals surface area contributed by atoms with Crippen LogP contribution < -0.4 is 11.2 Å². The minimum Gasteiger partial charge on any atom is -0.287 e. The molecule has 0 amide bonds. The van der Waals surface area contributed by atoms with E-state index >= 15 is 0 Å². The molecule has 9 nitrogen and oxygen atoms in total. The number of halogens is 1. The van der Waals surface area contributed by atoms with Crippen molar-refractivity contribution in [1.29, 1.82) is 0 Å². The summed E-state index contributed by atoms with van der Waals surface area (Å²) in [7, 11) is 0. The minimum atomic E-state index is -0.952. The van der Waals surface area contributed by atoms with E-state index < -0.39 is 21.9 Å². The molecule has 0 saturated heterocycles. The number of benzene rings is 3. The van der Waals surface area contributed by atoms with E-state index in [1.807, 2.05) is 60.7 Å². The van der Waals surface area contributed by atoms with Crippen molar-refractivity contribution in [2.24, 2.45) is 0 Å². The Labute approximate surface area is 240 Å². The molecular formula is C32H28FN5O4. The maximum atomic E-state index is 14.1. The van der Waals surface area contributed by atoms with Crippen LogP contribution >= 0.6 is 0 Å². The van der Waals surface area contributed by atoms with Gasteiger partial charge in [-0.05, 0) is 42.2 Å². The summed E-state index contributed by atoms with van der Waals surface area (Å²) in [5.74, 6) is -0.351. The molecule has 5 aromatic rings. The number of rotatable bonds is 11. The van der Waals surface area contributed by atoms with Crippen molar-refractivity contribution in [1.82, 2.24) is 18.9 Å². The zero-order valence-corrected chi connectivity index (χ0v) is 22.7. The quantitative estimate of drug-likeness (QED) is 0.166. The standard InChI is InChI=1S/C32H28FN5O4/c33-28-14-8-7-13-27(28)23-35-22-26(21-34-35)15-16-29-30(38(41)42)31(39)37(20-18-25-11-5-2-6-12-25)32(40)36(29)19-17-24-9-3-1-4-10-24/h1-16,21-22H,17-20,23H2/b16-15+. The number of aromatic nitrogens is 4. The summed E-state index contributed by atoms with van der Waals surface area (Å²) >= 11 is 0. The summed E-state index contributed by atoms with van der Waals surface area (Å²) < 4.78 is 17.9. The van der Waals surface area contributed by atoms with Gasteiger partial charge in [0.15, 0.2) is 0 Å². The average Bonchev–Trinajstić information content (AvgIpc) is 3.44. The second-order valence-corrected chi connectivity index (χ2v) is 9.75. The molecule has 0 radical (unpaired) electrons. The van der Waals surface area contributed by atoms with Crippen molar-refractivity contribution < 1.29 is 9.31 Å². The molecule has 0 fully saturated rings. The normalized spacial score (nSPS) is 11.3. The molecule has 212 valence electrons. The molecule has 0 aliphatic heterocycles. The summed E-state index contributed by atoms with van der Waals surface area (Å²) in [6.45, 7) is 0.322. The molecule has 42 heavy (non-hydrogen) atoms. The van der Waals surface area contributed by atoms with E-state index in [0.717, 1.165) is 15.7 Å². The lowest BCUT2D eigenvalue weighted by atomic mass is 10.1. The van der Waals surface area contributed by atoms with Gasteiger partial charge in [0.2, 0.25) is 0 Å². The maximum absolute atomic E-state index is 14.1. The van der Waals surface area contributed by atoms with E-state index in [9.17, 15) is 24.1 Å². The van der Waals surface area contributed by atoms with Crippen LogP contribution in [0.5, 0.6) is 0 Å². The van der Waals surface area contributed by atoms with Gasteiger partial charge in [-0.2, -0.15) is 5.10 Å². The predicted molar refractivity (Wildman–Crippen MR) is 159 cm³/mol. The lowest BCUT2D eigenvalue weighted by Crippen LogP contribution is -2.42. The first-order chi connectivity index (χ1) is 20.4. The molecule has 0 bridgehead atoms. The first kappa shape index (κ1) is 28.2. The SMILES string of the molecule is O=c1c([N+](=O)[O-])c(/C=C/c2cnn(Cc3ccccc3F)c2)n(CCc2ccccc2)c(=O)n1CCc1ccccc1. The number of nitrogens with zero attached hydrogens (tertiary/aromatic N) is 5. The second kappa shape index (κ2) is 12.9. The van der Waals surface area contributed by atoms with Crippen LogP contribution in [-0.4, -0.2) is 23.8 Å². The van der Waals surface area contributed by atoms with Gasteiger partial charge in [-0.15, -0.1) is 0 Å². The van der Waals surface area contributed by atoms with Gasteiger partial charge >= 0.3 is 16.9 Å². The summed E-state index contributed by atoms with van der Waals surface area (Å²) in [5, 5.41) is 16.5. The highest BCUT2D eigenvalue weighted by Gasteiger charge is 2.26. The smallest absolute Gasteiger partial charge is 0.287 e. The molecule has 0 unspecified atom stereocenters. The van der Waals surface area contributed by atoms with Crippen molar-refractivity contribution >= 4 is 17.8 Å². The van der Waals surface area contributed by atoms with E-state index in [0.29, 0.717) is 24.0 Å². The molecule has 0 N–H and O–H groups in total. The zero-order chi connectivity index (χ0) is 29.5. The minimum absolute atomic E-state index is 0.000662. The molecule has 0 atom stereocenters. The Morgan fingerprint density at radius 1 is 0.810 bits per heavy atom. The number of nitro groups is 1. The number of aryl methyl sites for hydroxylation is 2. The fourth-order valence-corrected chi connectivity index (χ4v) is 4.75. The van der Waals surface area contributed by atoms with Crippen LogP contribution in [0, 0.1) is 15.9 Å². The molecule has 5 rings (SSSR count). The van der Waals surface area contributed by atoms with E-state index in [1.54, 1.807) is 30.5 Å². The molecule has 10 heteroatoms. The Bertz CT molecular complexity index is 1840. The Morgan fingerprint density at radius 2 is 1.40 bits per heavy atom. The number of hydrogen-bond donors (Lipinski definition) is 0. The summed E-state index contributed by atoms with van der Waals surface area (Å²) in [6, 6.07) is 25.1. The van der Waals surface area contributed by atoms with Crippen LogP contribution in [-0.2, 0) is 32.5 Å². The third-order valence-electron chi connectivity index (χ3n) is 6.94. The van der Waals surface area contributed by atoms with Gasteiger partial charge < -0.3 is 0 Å². The van der Waals surface area contributed by atoms with Crippen molar-refractivity contribution in [3.05, 3.63) is 162 Å². The van der Waals surface area contributed by atoms with Gasteiger partial charge in [0, 0.05) is 30.4 Å². The second-order valence-electron chi connectivity index (χ2n) is 9.75. The van der Waals surface area contributed by atoms with Gasteiger partial charge in [0.05, 0.1) is 17.7 Å². The maximum Gasteiger partial charge on any atom is 0.357 e. The number of hydrogen-bond acceptors (Lipinski definition) is 5. The van der Waals surface area contributed by atoms with Gasteiger partial charge in [0.1, 0.15) is 11.5 Å². The topological polar surface area (TPSA) is 105 Å². The Balaban J connectivity index is 1.52. The molecule has 0 saturated carbocycles. The molecule has 2 aromatic heterocycles. The van der Waals surface area contributed by atoms with E-state index in [-0.39, 0.29) is 31.1 Å². The van der Waals surface area contributed by atoms with Crippen molar-refractivity contribution in [3.8, 4) is 0 Å². The van der Waals surface area contributed by atoms with Crippen LogP contribution in [0.1, 0.15) is 27.9 Å². The van der Waals surface area contributed by atoms with Gasteiger partial charge in [-0.1, -0.05) is 78.9 Å². The monoisotopic (exact) mass is 565 g/mol. The lowest BCUT2D eigenvalue weighted by molar-refractivity contribution is -0.387. The molecule has 2 heterocycles. The third kappa shape index (κ3) is 6.49. The first-order valence-electron chi connectivity index (χ1n) is 13.4. The molecule has 0 aliphatic rings. The van der Waals surface area contributed by atoms with E-state index in [4.69, 9.17) is 0 Å². The van der Waals surface area contributed by atoms with Crippen molar-refractivity contribution in [2.75, 3.05) is 0 Å². The van der Waals surface area contributed by atoms with Gasteiger partial charge in [0.25, 0.3) is 0 Å². The van der Waals surface area contributed by atoms with Crippen LogP contribution in [0.2, 0.25) is 0 Å². The highest BCUT2D eigenvalue weighted by Crippen LogP contribution is 2.18. The molecule has 3 aromatic carbocycles. The largest absolute Gasteiger partial charge is 0.357 e. The fourth-order valence-electron chi connectivity index (χ4n) is 4.75. The van der Waals surface area contributed by atoms with Crippen LogP contribution in [0.3, 0.4) is 0 Å². The summed E-state index contributed by atoms with van der Waals surface area (Å²) in [5.41, 5.74) is 0.530. The first-order valence-corrected chi connectivity index (χ1v) is 13.4. The predicted octanol–water partition coefficient (Wildman–Crippen LogP) is 4.96. The Kier molecular flexibility index (Phi) is 8.62. The third-order valence-corrected chi connectivity index (χ3v) is 6.94. The molecule has 0 aliphatic carbocycles. The fraction of sp³-hybridized carbons (Fsp3) is 0.156. The van der Waals surface area contributed by atoms with Crippen molar-refractivity contribution in [2.45, 2.75) is 32.5 Å². The van der Waals surface area contributed by atoms with Gasteiger partial charge in [-0.25, -0.2) is 9.18 Å².